The number of benzene rings is 2. The van der Waals surface area contributed by atoms with Gasteiger partial charge in [-0.15, -0.1) is 10.9 Å². The second-order valence-corrected chi connectivity index (χ2v) is 6.58. The fourth-order valence-corrected chi connectivity index (χ4v) is 4.20. The van der Waals surface area contributed by atoms with Gasteiger partial charge in [0.15, 0.2) is 11.2 Å². The number of hydrogen-bond donors (Lipinski definition) is 2. The van der Waals surface area contributed by atoms with E-state index in [-0.39, 0.29) is 0 Å². The van der Waals surface area contributed by atoms with Gasteiger partial charge in [-0.25, -0.2) is 9.97 Å². The minimum atomic E-state index is -1.52. The molecule has 1 aliphatic heterocycles. The second-order valence-electron chi connectivity index (χ2n) is 6.58. The fourth-order valence-electron chi connectivity index (χ4n) is 4.20. The molecule has 4 aromatic rings. The maximum absolute atomic E-state index is 6.54. The number of aromatic nitrogens is 4. The number of aromatic amines is 1. The third-order valence-corrected chi connectivity index (χ3v) is 5.30. The molecule has 0 radical (unpaired) electrons. The van der Waals surface area contributed by atoms with Crippen LogP contribution >= 0.6 is 0 Å². The van der Waals surface area contributed by atoms with E-state index in [2.05, 4.69) is 68.5 Å². The van der Waals surface area contributed by atoms with Crippen LogP contribution in [0.2, 0.25) is 0 Å². The fraction of sp³-hybridized carbons (Fsp3) is 0.105. The molecule has 1 fully saturated rings. The van der Waals surface area contributed by atoms with Gasteiger partial charge in [0.1, 0.15) is 6.33 Å². The molecule has 0 saturated carbocycles. The zero-order valence-corrected chi connectivity index (χ0v) is 14.2. The van der Waals surface area contributed by atoms with Gasteiger partial charge in [0, 0.05) is 0 Å². The number of hydrogen-bond acceptors (Lipinski definition) is 4. The van der Waals surface area contributed by atoms with Crippen molar-refractivity contribution in [3.05, 3.63) is 73.3 Å². The minimum Gasteiger partial charge on any atom is -0.527 e. The molecule has 0 spiro atoms. The first-order valence-electron chi connectivity index (χ1n) is 8.80. The Balaban J connectivity index is 1.77. The van der Waals surface area contributed by atoms with E-state index in [1.807, 2.05) is 12.1 Å². The molecule has 26 heavy (non-hydrogen) atoms. The Kier molecular flexibility index (Phi) is 3.55. The highest BCUT2D eigenvalue weighted by Gasteiger charge is 2.48. The molecular weight excluding hydrogens is 325 g/mol. The van der Waals surface area contributed by atoms with Crippen LogP contribution in [0.5, 0.6) is 0 Å². The quantitative estimate of drug-likeness (QED) is 0.520. The number of fused-ring (bicyclic) bond motifs is 1. The number of quaternary nitrogens is 1. The molecule has 0 amide bonds. The van der Waals surface area contributed by atoms with Crippen LogP contribution in [0.25, 0.3) is 11.2 Å². The van der Waals surface area contributed by atoms with Crippen LogP contribution in [0.4, 0.5) is 5.82 Å². The van der Waals surface area contributed by atoms with Crippen molar-refractivity contribution < 1.29 is 9.47 Å². The summed E-state index contributed by atoms with van der Waals surface area (Å²) < 4.78 is 6.54. The van der Waals surface area contributed by atoms with Crippen LogP contribution in [-0.4, -0.2) is 39.6 Å². The van der Waals surface area contributed by atoms with Crippen molar-refractivity contribution in [2.75, 3.05) is 13.2 Å². The van der Waals surface area contributed by atoms with Crippen molar-refractivity contribution in [1.82, 2.24) is 19.9 Å². The summed E-state index contributed by atoms with van der Waals surface area (Å²) in [6.45, 7) is -0.0231. The van der Waals surface area contributed by atoms with E-state index in [1.54, 1.807) is 12.7 Å². The van der Waals surface area contributed by atoms with Crippen LogP contribution in [-0.2, 0) is 4.65 Å². The van der Waals surface area contributed by atoms with Gasteiger partial charge in [0.05, 0.1) is 19.5 Å². The summed E-state index contributed by atoms with van der Waals surface area (Å²) in [5.74, 6) is 0.901. The highest BCUT2D eigenvalue weighted by Crippen LogP contribution is 2.15. The van der Waals surface area contributed by atoms with E-state index in [1.165, 1.54) is 4.81 Å². The van der Waals surface area contributed by atoms with Crippen molar-refractivity contribution in [1.29, 1.82) is 0 Å². The lowest BCUT2D eigenvalue weighted by atomic mass is 9.41. The van der Waals surface area contributed by atoms with E-state index in [0.29, 0.717) is 12.3 Å². The summed E-state index contributed by atoms with van der Waals surface area (Å²) in [6.07, 6.45) is 3.25. The molecule has 0 aliphatic carbocycles. The summed E-state index contributed by atoms with van der Waals surface area (Å²) in [7, 11) is 0. The van der Waals surface area contributed by atoms with E-state index in [4.69, 9.17) is 4.65 Å². The summed E-state index contributed by atoms with van der Waals surface area (Å²) in [5, 5.41) is 0. The molecule has 7 heteroatoms. The summed E-state index contributed by atoms with van der Waals surface area (Å²) in [6, 6.07) is 20.9. The van der Waals surface area contributed by atoms with Gasteiger partial charge in [-0.05, 0) is 0 Å². The van der Waals surface area contributed by atoms with Crippen LogP contribution in [0.3, 0.4) is 0 Å². The molecule has 1 saturated heterocycles. The lowest BCUT2D eigenvalue weighted by Crippen LogP contribution is -3.21. The molecule has 1 unspecified atom stereocenters. The Hall–Kier alpha value is -3.03. The third-order valence-electron chi connectivity index (χ3n) is 5.30. The zero-order chi connectivity index (χ0) is 17.4. The topological polar surface area (TPSA) is 68.1 Å². The molecule has 3 heterocycles. The van der Waals surface area contributed by atoms with E-state index >= 15 is 0 Å². The molecule has 0 bridgehead atoms. The van der Waals surface area contributed by atoms with Crippen molar-refractivity contribution >= 4 is 34.4 Å². The monoisotopic (exact) mass is 343 g/mol. The van der Waals surface area contributed by atoms with Gasteiger partial charge in [0.25, 0.3) is 0 Å². The normalized spacial score (nSPS) is 19.0. The van der Waals surface area contributed by atoms with Gasteiger partial charge in [0.2, 0.25) is 5.82 Å². The molecule has 6 nitrogen and oxygen atoms in total. The van der Waals surface area contributed by atoms with Gasteiger partial charge in [-0.2, -0.15) is 4.98 Å². The smallest absolute Gasteiger partial charge is 0.396 e. The van der Waals surface area contributed by atoms with Crippen LogP contribution in [0.1, 0.15) is 0 Å². The zero-order valence-electron chi connectivity index (χ0n) is 14.2. The maximum atomic E-state index is 6.54. The molecule has 2 aromatic heterocycles. The van der Waals surface area contributed by atoms with Gasteiger partial charge in [-0.3, -0.25) is 0 Å². The first-order valence-corrected chi connectivity index (χ1v) is 8.80. The number of nitrogens with one attached hydrogen (secondary N) is 2. The van der Waals surface area contributed by atoms with Crippen LogP contribution in [0, 0.1) is 0 Å². The molecule has 128 valence electrons. The van der Waals surface area contributed by atoms with E-state index in [9.17, 15) is 0 Å². The largest absolute Gasteiger partial charge is 0.527 e. The van der Waals surface area contributed by atoms with Crippen molar-refractivity contribution in [2.24, 2.45) is 0 Å². The third kappa shape index (κ3) is 2.18. The summed E-state index contributed by atoms with van der Waals surface area (Å²) in [5.41, 5.74) is 3.88. The number of H-pyrrole nitrogens is 1. The predicted molar refractivity (Wildman–Crippen MR) is 101 cm³/mol. The SMILES string of the molecule is c1ccc([B-]2(c3ccccc3)OCC[NH+]2c2ncnc3nc[nH]c23)cc1. The molecule has 2 N–H and O–H groups in total. The number of nitrogens with zero attached hydrogens (tertiary/aromatic N) is 3. The Morgan fingerprint density at radius 1 is 0.885 bits per heavy atom. The molecule has 2 aromatic carbocycles. The lowest BCUT2D eigenvalue weighted by Gasteiger charge is -2.39. The van der Waals surface area contributed by atoms with Crippen molar-refractivity contribution in [3.63, 3.8) is 0 Å². The number of rotatable bonds is 3. The average molecular weight is 343 g/mol. The summed E-state index contributed by atoms with van der Waals surface area (Å²) >= 11 is 0. The predicted octanol–water partition coefficient (Wildman–Crippen LogP) is 0.156. The Bertz CT molecular complexity index is 998. The lowest BCUT2D eigenvalue weighted by molar-refractivity contribution is -0.712. The van der Waals surface area contributed by atoms with E-state index < -0.39 is 6.48 Å². The van der Waals surface area contributed by atoms with Gasteiger partial charge in [-0.1, -0.05) is 60.7 Å². The van der Waals surface area contributed by atoms with Gasteiger partial charge >= 0.3 is 6.48 Å². The van der Waals surface area contributed by atoms with Crippen molar-refractivity contribution in [2.45, 2.75) is 0 Å². The first-order chi connectivity index (χ1) is 12.9. The van der Waals surface area contributed by atoms with Crippen molar-refractivity contribution in [3.8, 4) is 0 Å². The van der Waals surface area contributed by atoms with Gasteiger partial charge < -0.3 is 14.4 Å². The Morgan fingerprint density at radius 3 is 2.27 bits per heavy atom. The van der Waals surface area contributed by atoms with Crippen LogP contribution < -0.4 is 15.7 Å². The standard InChI is InChI=1S/C19H18BN5O/c1-3-7-15(8-4-1)20(16-9-5-2-6-10-16)25(11-12-26-20)19-17-18(22-13-21-17)23-14-24-19/h1-10,13-14,25H,11-12H2,(H,21,22,23,24). The minimum absolute atomic E-state index is 0.665. The number of imidazole rings is 1. The molecular formula is C19H18BN5O. The molecule has 1 aliphatic rings. The maximum Gasteiger partial charge on any atom is 0.396 e. The first kappa shape index (κ1) is 15.2. The molecule has 1 atom stereocenters. The van der Waals surface area contributed by atoms with E-state index in [0.717, 1.165) is 28.8 Å². The second kappa shape index (κ2) is 6.05. The summed E-state index contributed by atoms with van der Waals surface area (Å²) in [4.78, 5) is 17.6. The highest BCUT2D eigenvalue weighted by molar-refractivity contribution is 6.91. The molecule has 5 rings (SSSR count). The Labute approximate surface area is 150 Å². The average Bonchev–Trinajstić information content (AvgIpc) is 3.37. The Morgan fingerprint density at radius 2 is 1.58 bits per heavy atom. The van der Waals surface area contributed by atoms with Crippen LogP contribution in [0.15, 0.2) is 73.3 Å². The highest BCUT2D eigenvalue weighted by atomic mass is 16.5.